The second-order valence-corrected chi connectivity index (χ2v) is 30.2. The number of carboxylic acid groups (broad SMARTS) is 4. The molecule has 15 amide bonds. The number of unbranched alkanes of at least 4 members (excludes halogenated alkanes) is 6. The van der Waals surface area contributed by atoms with Crippen molar-refractivity contribution in [3.05, 3.63) is 78.0 Å². The molecule has 1 aromatic heterocycles. The zero-order valence-corrected chi connectivity index (χ0v) is 71.2. The molecular weight excluding hydrogens is 1670 g/mol. The van der Waals surface area contributed by atoms with Crippen LogP contribution in [0.4, 0.5) is 10.5 Å². The molecule has 0 fully saturated rings. The first-order chi connectivity index (χ1) is 60.2. The van der Waals surface area contributed by atoms with Crippen molar-refractivity contribution < 1.29 is 136 Å². The number of alkyl carbamates (subject to hydrolysis) is 1. The van der Waals surface area contributed by atoms with Gasteiger partial charge < -0.3 is 126 Å². The van der Waals surface area contributed by atoms with Crippen molar-refractivity contribution in [1.82, 2.24) is 79.4 Å². The van der Waals surface area contributed by atoms with Crippen LogP contribution in [0, 0.1) is 5.92 Å². The minimum absolute atomic E-state index is 0.0214. The number of ketones is 1. The number of Topliss-reactive ketones (excluding diaryl/α,β-unsaturated/α-hetero) is 1. The molecule has 0 saturated carbocycles. The van der Waals surface area contributed by atoms with Crippen molar-refractivity contribution >= 4 is 141 Å². The van der Waals surface area contributed by atoms with E-state index in [1.807, 2.05) is 28.1 Å². The van der Waals surface area contributed by atoms with Crippen LogP contribution in [-0.4, -0.2) is 260 Å². The number of benzene rings is 2. The summed E-state index contributed by atoms with van der Waals surface area (Å²) in [5.41, 5.74) is 12.7. The first-order valence-corrected chi connectivity index (χ1v) is 41.6. The fourth-order valence-corrected chi connectivity index (χ4v) is 13.0. The summed E-state index contributed by atoms with van der Waals surface area (Å²) in [4.78, 5) is 282. The Balaban J connectivity index is 1.46. The van der Waals surface area contributed by atoms with Crippen molar-refractivity contribution in [2.45, 2.75) is 248 Å². The van der Waals surface area contributed by atoms with Crippen molar-refractivity contribution in [1.29, 1.82) is 0 Å². The third-order valence-electron chi connectivity index (χ3n) is 19.8. The summed E-state index contributed by atoms with van der Waals surface area (Å²) < 4.78 is 10.6. The number of hydrogen-bond acceptors (Lipinski definition) is 25. The monoisotopic (exact) mass is 1790 g/mol. The van der Waals surface area contributed by atoms with E-state index in [1.165, 1.54) is 38.1 Å². The number of carboxylic acids is 4. The van der Waals surface area contributed by atoms with Crippen LogP contribution in [0.25, 0.3) is 10.9 Å². The maximum Gasteiger partial charge on any atom is 0.407 e. The number of nitrogen functional groups attached to an aromatic ring is 1. The van der Waals surface area contributed by atoms with E-state index in [9.17, 15) is 126 Å². The molecule has 1 aliphatic carbocycles. The average Bonchev–Trinajstić information content (AvgIpc) is 1.69. The topological polar surface area (TPSA) is 714 Å². The highest BCUT2D eigenvalue weighted by Gasteiger charge is 2.39. The molecule has 24 N–H and O–H groups in total. The van der Waals surface area contributed by atoms with Gasteiger partial charge >= 0.3 is 35.9 Å². The number of fused-ring (bicyclic) bond motifs is 1. The van der Waals surface area contributed by atoms with Gasteiger partial charge in [-0.2, -0.15) is 0 Å². The smallest absolute Gasteiger partial charge is 0.407 e. The summed E-state index contributed by atoms with van der Waals surface area (Å²) in [5, 5.41) is 81.4. The minimum Gasteiger partial charge on any atom is -0.481 e. The summed E-state index contributed by atoms with van der Waals surface area (Å²) in [6, 6.07) is -7.46. The number of hydrogen-bond donors (Lipinski definition) is 22. The quantitative estimate of drug-likeness (QED) is 0.00927. The van der Waals surface area contributed by atoms with Gasteiger partial charge in [0.1, 0.15) is 72.6 Å². The number of amides is 15. The van der Waals surface area contributed by atoms with Gasteiger partial charge in [-0.3, -0.25) is 91.1 Å². The number of rotatable bonds is 57. The first-order valence-electron chi connectivity index (χ1n) is 41.6. The van der Waals surface area contributed by atoms with E-state index < -0.39 is 268 Å². The number of aliphatic hydroxyl groups excluding tert-OH is 1. The van der Waals surface area contributed by atoms with E-state index in [1.54, 1.807) is 30.5 Å². The van der Waals surface area contributed by atoms with Gasteiger partial charge in [0, 0.05) is 54.2 Å². The van der Waals surface area contributed by atoms with Crippen molar-refractivity contribution in [3.63, 3.8) is 0 Å². The van der Waals surface area contributed by atoms with Gasteiger partial charge in [-0.15, -0.1) is 0 Å². The van der Waals surface area contributed by atoms with Gasteiger partial charge in [-0.1, -0.05) is 94.9 Å². The Hall–Kier alpha value is -13.7. The van der Waals surface area contributed by atoms with E-state index in [0.717, 1.165) is 65.2 Å². The van der Waals surface area contributed by atoms with Crippen LogP contribution in [0.5, 0.6) is 0 Å². The fraction of sp³-hybridized carbons (Fsp3) is 0.549. The number of allylic oxidation sites excluding steroid dienone is 2. The molecule has 2 aromatic carbocycles. The average molecular weight is 1790 g/mol. The number of nitrogens with two attached hydrogens (primary N) is 2. The van der Waals surface area contributed by atoms with E-state index in [2.05, 4.69) is 70.4 Å². The number of primary amides is 1. The zero-order valence-electron chi connectivity index (χ0n) is 71.2. The van der Waals surface area contributed by atoms with Crippen LogP contribution < -0.4 is 85.9 Å². The molecule has 0 spiro atoms. The lowest BCUT2D eigenvalue weighted by Crippen LogP contribution is -2.60. The highest BCUT2D eigenvalue weighted by Crippen LogP contribution is 2.22. The van der Waals surface area contributed by atoms with Gasteiger partial charge in [0.25, 0.3) is 0 Å². The maximum absolute atomic E-state index is 14.2. The number of carbonyl (C=O) groups excluding carboxylic acids is 17. The summed E-state index contributed by atoms with van der Waals surface area (Å²) in [6.07, 6.45) is 7.16. The predicted molar refractivity (Wildman–Crippen MR) is 448 cm³/mol. The predicted octanol–water partition coefficient (Wildman–Crippen LogP) is -2.33. The van der Waals surface area contributed by atoms with Crippen LogP contribution in [0.3, 0.4) is 0 Å². The third-order valence-corrected chi connectivity index (χ3v) is 19.8. The number of aromatic nitrogens is 1. The molecule has 3 aromatic rings. The molecule has 0 radical (unpaired) electrons. The number of para-hydroxylation sites is 2. The summed E-state index contributed by atoms with van der Waals surface area (Å²) >= 11 is 0. The van der Waals surface area contributed by atoms with E-state index in [4.69, 9.17) is 20.9 Å². The Labute approximate surface area is 729 Å². The summed E-state index contributed by atoms with van der Waals surface area (Å²) in [5.74, 6) is -26.5. The minimum atomic E-state index is -2.13. The van der Waals surface area contributed by atoms with Crippen LogP contribution in [0.15, 0.2) is 66.9 Å². The van der Waals surface area contributed by atoms with Crippen LogP contribution in [0.1, 0.15) is 185 Å². The number of carbonyl (C=O) groups is 21. The number of aliphatic carboxylic acids is 4. The molecule has 45 heteroatoms. The number of ether oxygens (including phenoxy) is 2. The molecular formula is C82H117N17O28. The van der Waals surface area contributed by atoms with Crippen molar-refractivity contribution in [2.75, 3.05) is 38.6 Å². The number of aliphatic hydroxyl groups is 1. The van der Waals surface area contributed by atoms with Crippen LogP contribution in [-0.2, 0) is 107 Å². The fourth-order valence-electron chi connectivity index (χ4n) is 13.0. The van der Waals surface area contributed by atoms with Crippen molar-refractivity contribution in [3.8, 4) is 0 Å². The highest BCUT2D eigenvalue weighted by molar-refractivity contribution is 6.05. The number of anilines is 1. The summed E-state index contributed by atoms with van der Waals surface area (Å²) in [7, 11) is 0. The standard InChI is InChI=1S/C82H117N17O28/c1-6-8-9-10-11-15-18-31-63(103)92-54(34-47-40-86-52-29-22-20-26-49(47)52)77(120)95-55(36-62(84)102)78(121)97-58(39-69(112)113)75(118)89-45(4)71(114)87-41-64(104)91-53(30-23-32-85-82(125)127-48-24-16-13-12-14-17-25-48)74(117)96-57(38-68(110)111)76(119)90-46(5)72(115)94-56(37-67(108)109)73(116)88-42-65(105)93-60(43-100)79(122)99-70(44(3)33-66(106)107)80(123)98-59(81(124)126-7-2)35-61(101)50-27-19-21-28-51(50)83/h12-13,19-22,26-29,40,44-46,48,53-60,70,86,100H,6-11,14-18,23-25,30-39,41-43,83H2,1-5H3,(H2,84,102)(H,85,125)(H,87,114)(H,88,116)(H,89,118)(H,90,119)(H,91,104)(H,92,103)(H,93,105)(H,94,115)(H,95,120)(H,96,117)(H,97,121)(H,98,123)(H,99,122)(H,106,107)(H,108,109)(H,110,111)(H,112,113)/t44-,45-,46+,48?,53-,54-,55-,56-,57-,58?,59-,60+,70-/m0/s1. The number of esters is 1. The molecule has 4 rings (SSSR count). The molecule has 127 heavy (non-hydrogen) atoms. The maximum atomic E-state index is 14.2. The second-order valence-electron chi connectivity index (χ2n) is 30.2. The van der Waals surface area contributed by atoms with Gasteiger partial charge in [-0.05, 0) is 102 Å². The lowest BCUT2D eigenvalue weighted by atomic mass is 9.96. The molecule has 13 atom stereocenters. The highest BCUT2D eigenvalue weighted by atomic mass is 16.6. The molecule has 2 unspecified atom stereocenters. The number of aromatic amines is 1. The second kappa shape index (κ2) is 55.6. The molecule has 1 aliphatic rings. The molecule has 45 nitrogen and oxygen atoms in total. The lowest BCUT2D eigenvalue weighted by Gasteiger charge is -2.27. The lowest BCUT2D eigenvalue weighted by molar-refractivity contribution is -0.148. The molecule has 698 valence electrons. The first kappa shape index (κ1) is 106. The largest absolute Gasteiger partial charge is 0.481 e. The molecule has 1 heterocycles. The van der Waals surface area contributed by atoms with Gasteiger partial charge in [0.15, 0.2) is 5.78 Å². The van der Waals surface area contributed by atoms with E-state index in [0.29, 0.717) is 42.1 Å². The van der Waals surface area contributed by atoms with E-state index in [-0.39, 0.29) is 43.7 Å². The van der Waals surface area contributed by atoms with Gasteiger partial charge in [0.05, 0.1) is 58.4 Å². The summed E-state index contributed by atoms with van der Waals surface area (Å²) in [6.45, 7) is 2.96. The normalized spacial score (nSPS) is 15.1. The van der Waals surface area contributed by atoms with E-state index >= 15 is 0 Å². The number of H-pyrrole nitrogens is 1. The van der Waals surface area contributed by atoms with Gasteiger partial charge in [-0.25, -0.2) is 9.59 Å². The van der Waals surface area contributed by atoms with Crippen molar-refractivity contribution in [2.24, 2.45) is 11.7 Å². The van der Waals surface area contributed by atoms with Crippen LogP contribution >= 0.6 is 0 Å². The zero-order chi connectivity index (χ0) is 94.4. The molecule has 0 saturated heterocycles. The Morgan fingerprint density at radius 2 is 0.969 bits per heavy atom. The number of nitrogens with one attached hydrogen (secondary N) is 15. The Kier molecular flexibility index (Phi) is 46.2. The Morgan fingerprint density at radius 1 is 0.472 bits per heavy atom. The Morgan fingerprint density at radius 3 is 1.56 bits per heavy atom. The molecule has 0 bridgehead atoms. The Bertz CT molecular complexity index is 4400. The van der Waals surface area contributed by atoms with Crippen LogP contribution in [0.2, 0.25) is 0 Å². The third kappa shape index (κ3) is 39.4. The van der Waals surface area contributed by atoms with Gasteiger partial charge in [0.2, 0.25) is 82.7 Å². The SMILES string of the molecule is CCCCCCCCCC(=O)N[C@@H](Cc1c[nH]c2ccccc12)C(=O)N[C@@H](CC(N)=O)C(=O)NC(CC(=O)O)C(=O)N[C@@H](C)C(=O)NCC(=O)N[C@@H](CCCNC(=O)OC1CCC=CCCC1)C(=O)N[C@@H](CC(=O)O)C(=O)N[C@H](C)C(=O)N[C@@H](CC(=O)O)C(=O)NCC(=O)N[C@H](CO)C(=O)N[C@H](C(=O)N[C@@H](CC(=O)c1ccccc1N)C(=O)OCC)[C@@H](C)CC(=O)O. The molecule has 0 aliphatic heterocycles.